The third-order valence-electron chi connectivity index (χ3n) is 4.42. The molecule has 1 heteroatoms. The fourth-order valence-corrected chi connectivity index (χ4v) is 3.37. The largest absolute Gasteiger partial charge is 0.252 e. The quantitative estimate of drug-likeness (QED) is 0.651. The zero-order valence-electron chi connectivity index (χ0n) is 10.5. The van der Waals surface area contributed by atoms with Gasteiger partial charge >= 0.3 is 0 Å². The van der Waals surface area contributed by atoms with Crippen molar-refractivity contribution in [3.8, 4) is 0 Å². The zero-order chi connectivity index (χ0) is 12.2. The minimum atomic E-state index is 0.116. The van der Waals surface area contributed by atoms with Crippen LogP contribution in [0.2, 0.25) is 0 Å². The lowest BCUT2D eigenvalue weighted by Gasteiger charge is -2.33. The van der Waals surface area contributed by atoms with E-state index in [1.807, 2.05) is 0 Å². The summed E-state index contributed by atoms with van der Waals surface area (Å²) in [5, 5.41) is 0. The highest BCUT2D eigenvalue weighted by Crippen LogP contribution is 2.47. The van der Waals surface area contributed by atoms with Crippen molar-refractivity contribution >= 4 is 11.4 Å². The molecule has 1 aliphatic carbocycles. The van der Waals surface area contributed by atoms with Gasteiger partial charge in [0, 0.05) is 11.0 Å². The Labute approximate surface area is 107 Å². The Bertz CT molecular complexity index is 669. The molecular weight excluding hydrogens is 218 g/mol. The number of para-hydroxylation sites is 1. The van der Waals surface area contributed by atoms with Gasteiger partial charge in [0.15, 0.2) is 0 Å². The van der Waals surface area contributed by atoms with Gasteiger partial charge in [-0.05, 0) is 37.0 Å². The molecule has 0 radical (unpaired) electrons. The molecule has 0 spiro atoms. The topological polar surface area (TPSA) is 12.4 Å². The molecule has 88 valence electrons. The van der Waals surface area contributed by atoms with Crippen molar-refractivity contribution in [3.05, 3.63) is 65.2 Å². The molecule has 0 amide bonds. The monoisotopic (exact) mass is 233 g/mol. The van der Waals surface area contributed by atoms with Gasteiger partial charge in [-0.1, -0.05) is 42.5 Å². The van der Waals surface area contributed by atoms with Crippen LogP contribution in [0, 0.1) is 0 Å². The number of aryl methyl sites for hydroxylation is 1. The number of hydrogen-bond donors (Lipinski definition) is 0. The Hall–Kier alpha value is -1.89. The van der Waals surface area contributed by atoms with Crippen molar-refractivity contribution in [2.75, 3.05) is 0 Å². The van der Waals surface area contributed by atoms with E-state index in [0.29, 0.717) is 0 Å². The molecule has 1 atom stereocenters. The zero-order valence-corrected chi connectivity index (χ0v) is 10.5. The summed E-state index contributed by atoms with van der Waals surface area (Å²) >= 11 is 0. The van der Waals surface area contributed by atoms with Gasteiger partial charge in [-0.25, -0.2) is 0 Å². The number of fused-ring (bicyclic) bond motifs is 5. The lowest BCUT2D eigenvalue weighted by Crippen LogP contribution is -2.35. The Balaban J connectivity index is 2.00. The smallest absolute Gasteiger partial charge is 0.0675 e. The predicted octanol–water partition coefficient (Wildman–Crippen LogP) is 4.02. The lowest BCUT2D eigenvalue weighted by molar-refractivity contribution is 0.573. The van der Waals surface area contributed by atoms with E-state index in [1.165, 1.54) is 28.8 Å². The van der Waals surface area contributed by atoms with Crippen LogP contribution < -0.4 is 0 Å². The van der Waals surface area contributed by atoms with Gasteiger partial charge in [0.2, 0.25) is 0 Å². The standard InChI is InChI=1S/C17H15N/c1-17-11-10-12-6-2-3-7-13(12)16(17)18-15-9-5-4-8-14(15)17/h2-9H,10-11H2,1H3/t17-/m0/s1. The second kappa shape index (κ2) is 3.32. The van der Waals surface area contributed by atoms with E-state index >= 15 is 0 Å². The highest BCUT2D eigenvalue weighted by molar-refractivity contribution is 6.14. The van der Waals surface area contributed by atoms with Gasteiger partial charge in [0.25, 0.3) is 0 Å². The first-order chi connectivity index (χ1) is 8.79. The Morgan fingerprint density at radius 1 is 1.00 bits per heavy atom. The summed E-state index contributed by atoms with van der Waals surface area (Å²) in [6, 6.07) is 17.3. The van der Waals surface area contributed by atoms with E-state index in [2.05, 4.69) is 55.5 Å². The van der Waals surface area contributed by atoms with Crippen LogP contribution in [0.25, 0.3) is 0 Å². The molecule has 0 fully saturated rings. The van der Waals surface area contributed by atoms with Crippen LogP contribution in [0.15, 0.2) is 53.5 Å². The molecule has 0 saturated carbocycles. The lowest BCUT2D eigenvalue weighted by atomic mass is 9.68. The SMILES string of the molecule is C[C@@]12CCc3ccccc3C1=Nc1ccccc12. The first-order valence-electron chi connectivity index (χ1n) is 6.56. The third-order valence-corrected chi connectivity index (χ3v) is 4.42. The minimum Gasteiger partial charge on any atom is -0.252 e. The molecule has 0 saturated heterocycles. The van der Waals surface area contributed by atoms with Crippen LogP contribution in [-0.4, -0.2) is 5.71 Å². The first kappa shape index (κ1) is 10.1. The van der Waals surface area contributed by atoms with E-state index in [9.17, 15) is 0 Å². The Morgan fingerprint density at radius 2 is 1.78 bits per heavy atom. The van der Waals surface area contributed by atoms with E-state index in [0.717, 1.165) is 12.1 Å². The molecule has 1 nitrogen and oxygen atoms in total. The van der Waals surface area contributed by atoms with Gasteiger partial charge < -0.3 is 0 Å². The molecule has 2 aromatic rings. The van der Waals surface area contributed by atoms with Crippen LogP contribution >= 0.6 is 0 Å². The molecule has 18 heavy (non-hydrogen) atoms. The molecule has 1 aliphatic heterocycles. The van der Waals surface area contributed by atoms with E-state index in [1.54, 1.807) is 0 Å². The fourth-order valence-electron chi connectivity index (χ4n) is 3.37. The van der Waals surface area contributed by atoms with Crippen molar-refractivity contribution in [3.63, 3.8) is 0 Å². The minimum absolute atomic E-state index is 0.116. The van der Waals surface area contributed by atoms with Crippen LogP contribution in [0.3, 0.4) is 0 Å². The fraction of sp³-hybridized carbons (Fsp3) is 0.235. The predicted molar refractivity (Wildman–Crippen MR) is 74.8 cm³/mol. The average Bonchev–Trinajstić information content (AvgIpc) is 2.73. The summed E-state index contributed by atoms with van der Waals surface area (Å²) in [4.78, 5) is 4.90. The van der Waals surface area contributed by atoms with Crippen LogP contribution in [0.4, 0.5) is 5.69 Å². The van der Waals surface area contributed by atoms with Crippen molar-refractivity contribution in [2.24, 2.45) is 4.99 Å². The number of benzene rings is 2. The summed E-state index contributed by atoms with van der Waals surface area (Å²) < 4.78 is 0. The second-order valence-electron chi connectivity index (χ2n) is 5.47. The summed E-state index contributed by atoms with van der Waals surface area (Å²) in [5.41, 5.74) is 6.74. The van der Waals surface area contributed by atoms with Crippen molar-refractivity contribution in [1.29, 1.82) is 0 Å². The summed E-state index contributed by atoms with van der Waals surface area (Å²) in [5.74, 6) is 0. The average molecular weight is 233 g/mol. The molecule has 0 unspecified atom stereocenters. The molecule has 4 rings (SSSR count). The third kappa shape index (κ3) is 1.14. The van der Waals surface area contributed by atoms with E-state index < -0.39 is 0 Å². The first-order valence-corrected chi connectivity index (χ1v) is 6.56. The molecule has 1 heterocycles. The maximum atomic E-state index is 4.90. The number of rotatable bonds is 0. The Morgan fingerprint density at radius 3 is 2.72 bits per heavy atom. The van der Waals surface area contributed by atoms with Gasteiger partial charge in [0.05, 0.1) is 11.4 Å². The molecule has 0 N–H and O–H groups in total. The maximum absolute atomic E-state index is 4.90. The number of hydrogen-bond acceptors (Lipinski definition) is 1. The van der Waals surface area contributed by atoms with E-state index in [-0.39, 0.29) is 5.41 Å². The summed E-state index contributed by atoms with van der Waals surface area (Å²) in [6.07, 6.45) is 2.32. The molecule has 0 bridgehead atoms. The van der Waals surface area contributed by atoms with Crippen molar-refractivity contribution < 1.29 is 0 Å². The van der Waals surface area contributed by atoms with Crippen LogP contribution in [0.1, 0.15) is 30.0 Å². The van der Waals surface area contributed by atoms with Crippen LogP contribution in [0.5, 0.6) is 0 Å². The van der Waals surface area contributed by atoms with E-state index in [4.69, 9.17) is 4.99 Å². The highest BCUT2D eigenvalue weighted by Gasteiger charge is 2.42. The molecule has 0 aromatic heterocycles. The maximum Gasteiger partial charge on any atom is 0.0675 e. The van der Waals surface area contributed by atoms with Gasteiger partial charge in [0.1, 0.15) is 0 Å². The normalized spacial score (nSPS) is 23.9. The number of aliphatic imine (C=N–C) groups is 1. The molecule has 2 aliphatic rings. The van der Waals surface area contributed by atoms with Crippen molar-refractivity contribution in [2.45, 2.75) is 25.2 Å². The van der Waals surface area contributed by atoms with Crippen molar-refractivity contribution in [1.82, 2.24) is 0 Å². The van der Waals surface area contributed by atoms with Gasteiger partial charge in [-0.2, -0.15) is 0 Å². The van der Waals surface area contributed by atoms with Gasteiger partial charge in [-0.15, -0.1) is 0 Å². The highest BCUT2D eigenvalue weighted by atomic mass is 14.8. The molecular formula is C17H15N. The second-order valence-corrected chi connectivity index (χ2v) is 5.47. The van der Waals surface area contributed by atoms with Crippen LogP contribution in [-0.2, 0) is 11.8 Å². The number of nitrogens with zero attached hydrogens (tertiary/aromatic N) is 1. The Kier molecular flexibility index (Phi) is 1.86. The summed E-state index contributed by atoms with van der Waals surface area (Å²) in [7, 11) is 0. The molecule has 2 aromatic carbocycles. The van der Waals surface area contributed by atoms with Gasteiger partial charge in [-0.3, -0.25) is 4.99 Å². The summed E-state index contributed by atoms with van der Waals surface area (Å²) in [6.45, 7) is 2.34.